The van der Waals surface area contributed by atoms with Crippen LogP contribution in [0.3, 0.4) is 0 Å². The van der Waals surface area contributed by atoms with E-state index in [-0.39, 0.29) is 0 Å². The van der Waals surface area contributed by atoms with E-state index < -0.39 is 0 Å². The van der Waals surface area contributed by atoms with E-state index in [2.05, 4.69) is 10.3 Å². The molecule has 1 aromatic rings. The monoisotopic (exact) mass is 206 g/mol. The fraction of sp³-hybridized carbons (Fsp3) is 0.583. The maximum Gasteiger partial charge on any atom is 0.122 e. The number of nitrogens with zero attached hydrogens (tertiary/aromatic N) is 1. The van der Waals surface area contributed by atoms with Crippen molar-refractivity contribution in [3.05, 3.63) is 23.5 Å². The first-order chi connectivity index (χ1) is 7.28. The first-order valence-electron chi connectivity index (χ1n) is 5.53. The average molecular weight is 206 g/mol. The average Bonchev–Trinajstić information content (AvgIpc) is 3.01. The summed E-state index contributed by atoms with van der Waals surface area (Å²) in [5.74, 6) is 0.906. The third kappa shape index (κ3) is 3.20. The van der Waals surface area contributed by atoms with Crippen molar-refractivity contribution >= 4 is 0 Å². The lowest BCUT2D eigenvalue weighted by molar-refractivity contribution is 0.413. The van der Waals surface area contributed by atoms with Gasteiger partial charge in [0.15, 0.2) is 0 Å². The van der Waals surface area contributed by atoms with Crippen LogP contribution in [0.4, 0.5) is 0 Å². The molecule has 82 valence electrons. The molecule has 3 heteroatoms. The van der Waals surface area contributed by atoms with Crippen molar-refractivity contribution in [1.29, 1.82) is 0 Å². The van der Waals surface area contributed by atoms with Crippen molar-refractivity contribution in [2.75, 3.05) is 13.7 Å². The van der Waals surface area contributed by atoms with Gasteiger partial charge in [0, 0.05) is 42.5 Å². The molecule has 0 unspecified atom stereocenters. The lowest BCUT2D eigenvalue weighted by Gasteiger charge is -2.06. The molecule has 3 nitrogen and oxygen atoms in total. The van der Waals surface area contributed by atoms with E-state index in [9.17, 15) is 0 Å². The minimum Gasteiger partial charge on any atom is -0.497 e. The number of ether oxygens (including phenoxy) is 1. The van der Waals surface area contributed by atoms with Crippen LogP contribution in [0, 0.1) is 6.92 Å². The number of methoxy groups -OCH3 is 1. The molecule has 0 atom stereocenters. The Bertz CT molecular complexity index is 334. The van der Waals surface area contributed by atoms with E-state index in [1.54, 1.807) is 7.11 Å². The normalized spacial score (nSPS) is 15.3. The van der Waals surface area contributed by atoms with Gasteiger partial charge in [0.25, 0.3) is 0 Å². The highest BCUT2D eigenvalue weighted by atomic mass is 16.5. The number of aryl methyl sites for hydroxylation is 1. The van der Waals surface area contributed by atoms with E-state index in [0.29, 0.717) is 0 Å². The fourth-order valence-corrected chi connectivity index (χ4v) is 1.64. The van der Waals surface area contributed by atoms with Crippen molar-refractivity contribution in [3.63, 3.8) is 0 Å². The van der Waals surface area contributed by atoms with Gasteiger partial charge in [-0.05, 0) is 19.8 Å². The van der Waals surface area contributed by atoms with Gasteiger partial charge in [-0.1, -0.05) is 0 Å². The minimum absolute atomic E-state index is 0.775. The predicted octanol–water partition coefficient (Wildman–Crippen LogP) is 1.69. The zero-order chi connectivity index (χ0) is 10.7. The molecule has 1 N–H and O–H groups in total. The Balaban J connectivity index is 1.90. The van der Waals surface area contributed by atoms with Crippen LogP contribution in [-0.4, -0.2) is 24.7 Å². The quantitative estimate of drug-likeness (QED) is 0.796. The Kier molecular flexibility index (Phi) is 3.21. The maximum absolute atomic E-state index is 5.22. The maximum atomic E-state index is 5.22. The Hall–Kier alpha value is -1.09. The van der Waals surface area contributed by atoms with E-state index in [4.69, 9.17) is 4.74 Å². The van der Waals surface area contributed by atoms with E-state index in [1.807, 2.05) is 19.1 Å². The first-order valence-corrected chi connectivity index (χ1v) is 5.53. The van der Waals surface area contributed by atoms with Crippen LogP contribution in [-0.2, 0) is 6.42 Å². The zero-order valence-electron chi connectivity index (χ0n) is 9.42. The van der Waals surface area contributed by atoms with Crippen LogP contribution in [0.1, 0.15) is 24.2 Å². The van der Waals surface area contributed by atoms with E-state index in [0.717, 1.165) is 36.1 Å². The summed E-state index contributed by atoms with van der Waals surface area (Å²) in [6, 6.07) is 4.75. The highest BCUT2D eigenvalue weighted by Crippen LogP contribution is 2.18. The Morgan fingerprint density at radius 3 is 2.93 bits per heavy atom. The molecule has 0 aromatic carbocycles. The van der Waals surface area contributed by atoms with Crippen molar-refractivity contribution in [1.82, 2.24) is 10.3 Å². The largest absolute Gasteiger partial charge is 0.497 e. The van der Waals surface area contributed by atoms with Crippen LogP contribution in [0.15, 0.2) is 12.1 Å². The zero-order valence-corrected chi connectivity index (χ0v) is 9.42. The number of hydrogen-bond donors (Lipinski definition) is 1. The van der Waals surface area contributed by atoms with Crippen molar-refractivity contribution in [2.24, 2.45) is 0 Å². The summed E-state index contributed by atoms with van der Waals surface area (Å²) >= 11 is 0. The van der Waals surface area contributed by atoms with Crippen LogP contribution in [0.5, 0.6) is 5.75 Å². The Labute approximate surface area is 90.9 Å². The summed E-state index contributed by atoms with van der Waals surface area (Å²) in [4.78, 5) is 4.48. The van der Waals surface area contributed by atoms with E-state index >= 15 is 0 Å². The van der Waals surface area contributed by atoms with Gasteiger partial charge < -0.3 is 10.1 Å². The SMILES string of the molecule is COc1cc(C)nc(CCNC2CC2)c1. The molecule has 1 aromatic heterocycles. The number of hydrogen-bond acceptors (Lipinski definition) is 3. The van der Waals surface area contributed by atoms with Crippen molar-refractivity contribution in [3.8, 4) is 5.75 Å². The molecule has 1 heterocycles. The van der Waals surface area contributed by atoms with Crippen molar-refractivity contribution in [2.45, 2.75) is 32.2 Å². The number of aromatic nitrogens is 1. The topological polar surface area (TPSA) is 34.1 Å². The summed E-state index contributed by atoms with van der Waals surface area (Å²) in [6.45, 7) is 3.02. The molecule has 0 saturated heterocycles. The molecule has 1 aliphatic carbocycles. The van der Waals surface area contributed by atoms with Crippen LogP contribution < -0.4 is 10.1 Å². The lowest BCUT2D eigenvalue weighted by atomic mass is 10.2. The lowest BCUT2D eigenvalue weighted by Crippen LogP contribution is -2.19. The molecular formula is C12H18N2O. The van der Waals surface area contributed by atoms with Gasteiger partial charge in [-0.3, -0.25) is 4.98 Å². The molecule has 1 saturated carbocycles. The summed E-state index contributed by atoms with van der Waals surface area (Å²) in [5.41, 5.74) is 2.13. The smallest absolute Gasteiger partial charge is 0.122 e. The van der Waals surface area contributed by atoms with Crippen LogP contribution in [0.2, 0.25) is 0 Å². The van der Waals surface area contributed by atoms with Crippen LogP contribution in [0.25, 0.3) is 0 Å². The Morgan fingerprint density at radius 2 is 2.27 bits per heavy atom. The van der Waals surface area contributed by atoms with Gasteiger partial charge in [0.1, 0.15) is 5.75 Å². The molecule has 1 fully saturated rings. The van der Waals surface area contributed by atoms with Crippen LogP contribution >= 0.6 is 0 Å². The van der Waals surface area contributed by atoms with Gasteiger partial charge in [-0.25, -0.2) is 0 Å². The summed E-state index contributed by atoms with van der Waals surface area (Å²) < 4.78 is 5.22. The predicted molar refractivity (Wildman–Crippen MR) is 60.3 cm³/mol. The standard InChI is InChI=1S/C12H18N2O/c1-9-7-12(15-2)8-11(14-9)5-6-13-10-3-4-10/h7-8,10,13H,3-6H2,1-2H3. The summed E-state index contributed by atoms with van der Waals surface area (Å²) in [6.07, 6.45) is 3.66. The first kappa shape index (κ1) is 10.4. The molecule has 15 heavy (non-hydrogen) atoms. The molecule has 1 aliphatic rings. The minimum atomic E-state index is 0.775. The van der Waals surface area contributed by atoms with Gasteiger partial charge in [0.2, 0.25) is 0 Å². The second-order valence-electron chi connectivity index (χ2n) is 4.12. The number of pyridine rings is 1. The molecular weight excluding hydrogens is 188 g/mol. The Morgan fingerprint density at radius 1 is 1.47 bits per heavy atom. The third-order valence-corrected chi connectivity index (χ3v) is 2.61. The van der Waals surface area contributed by atoms with Crippen molar-refractivity contribution < 1.29 is 4.74 Å². The summed E-state index contributed by atoms with van der Waals surface area (Å²) in [5, 5.41) is 3.48. The number of rotatable bonds is 5. The fourth-order valence-electron chi connectivity index (χ4n) is 1.64. The molecule has 0 amide bonds. The third-order valence-electron chi connectivity index (χ3n) is 2.61. The molecule has 0 spiro atoms. The number of nitrogens with one attached hydrogen (secondary N) is 1. The summed E-state index contributed by atoms with van der Waals surface area (Å²) in [7, 11) is 1.70. The van der Waals surface area contributed by atoms with Gasteiger partial charge in [-0.15, -0.1) is 0 Å². The van der Waals surface area contributed by atoms with Gasteiger partial charge in [-0.2, -0.15) is 0 Å². The van der Waals surface area contributed by atoms with E-state index in [1.165, 1.54) is 12.8 Å². The van der Waals surface area contributed by atoms with Gasteiger partial charge >= 0.3 is 0 Å². The second-order valence-corrected chi connectivity index (χ2v) is 4.12. The molecule has 2 rings (SSSR count). The highest BCUT2D eigenvalue weighted by Gasteiger charge is 2.19. The molecule has 0 bridgehead atoms. The highest BCUT2D eigenvalue weighted by molar-refractivity contribution is 5.26. The molecule has 0 aliphatic heterocycles. The van der Waals surface area contributed by atoms with Gasteiger partial charge in [0.05, 0.1) is 7.11 Å². The second kappa shape index (κ2) is 4.62. The molecule has 0 radical (unpaired) electrons.